The molecule has 1 aromatic heterocycles. The standard InChI is InChI=1S/C10H16N2O2S2/c1-14-9(13)8-7-12-10(16-8)11-5-3-4-6-15-2/h7H,3-6H2,1-2H3,(H,11,12). The summed E-state index contributed by atoms with van der Waals surface area (Å²) >= 11 is 3.18. The number of thiazole rings is 1. The minimum atomic E-state index is -0.326. The maximum absolute atomic E-state index is 11.2. The molecule has 1 heterocycles. The van der Waals surface area contributed by atoms with Crippen LogP contribution in [0.4, 0.5) is 5.13 Å². The number of aromatic nitrogens is 1. The minimum Gasteiger partial charge on any atom is -0.465 e. The van der Waals surface area contributed by atoms with Crippen molar-refractivity contribution < 1.29 is 9.53 Å². The first-order valence-corrected chi connectivity index (χ1v) is 7.26. The number of carbonyl (C=O) groups excluding carboxylic acids is 1. The molecule has 0 saturated carbocycles. The number of esters is 1. The number of nitrogens with zero attached hydrogens (tertiary/aromatic N) is 1. The largest absolute Gasteiger partial charge is 0.465 e. The van der Waals surface area contributed by atoms with Gasteiger partial charge in [-0.25, -0.2) is 9.78 Å². The van der Waals surface area contributed by atoms with E-state index in [1.165, 1.54) is 30.6 Å². The molecule has 6 heteroatoms. The van der Waals surface area contributed by atoms with Crippen LogP contribution in [-0.2, 0) is 4.74 Å². The first-order chi connectivity index (χ1) is 7.77. The first kappa shape index (κ1) is 13.3. The Bertz CT molecular complexity index is 328. The van der Waals surface area contributed by atoms with Gasteiger partial charge in [0.05, 0.1) is 13.3 Å². The van der Waals surface area contributed by atoms with Crippen LogP contribution in [-0.4, -0.2) is 36.6 Å². The van der Waals surface area contributed by atoms with Crippen LogP contribution in [0.25, 0.3) is 0 Å². The summed E-state index contributed by atoms with van der Waals surface area (Å²) in [4.78, 5) is 15.8. The maximum Gasteiger partial charge on any atom is 0.349 e. The van der Waals surface area contributed by atoms with Gasteiger partial charge in [0.15, 0.2) is 5.13 Å². The quantitative estimate of drug-likeness (QED) is 0.603. The van der Waals surface area contributed by atoms with Crippen LogP contribution in [0.2, 0.25) is 0 Å². The number of nitrogens with one attached hydrogen (secondary N) is 1. The molecule has 1 aromatic rings. The number of hydrogen-bond acceptors (Lipinski definition) is 6. The normalized spacial score (nSPS) is 10.1. The van der Waals surface area contributed by atoms with E-state index >= 15 is 0 Å². The van der Waals surface area contributed by atoms with Gasteiger partial charge in [0, 0.05) is 6.54 Å². The van der Waals surface area contributed by atoms with E-state index in [4.69, 9.17) is 0 Å². The van der Waals surface area contributed by atoms with Crippen molar-refractivity contribution in [2.24, 2.45) is 0 Å². The highest BCUT2D eigenvalue weighted by Crippen LogP contribution is 2.18. The summed E-state index contributed by atoms with van der Waals surface area (Å²) in [7, 11) is 1.37. The molecule has 4 nitrogen and oxygen atoms in total. The lowest BCUT2D eigenvalue weighted by Crippen LogP contribution is -2.01. The van der Waals surface area contributed by atoms with E-state index in [0.29, 0.717) is 4.88 Å². The Kier molecular flexibility index (Phi) is 6.25. The van der Waals surface area contributed by atoms with Crippen molar-refractivity contribution in [3.63, 3.8) is 0 Å². The second-order valence-corrected chi connectivity index (χ2v) is 5.16. The van der Waals surface area contributed by atoms with E-state index in [1.54, 1.807) is 6.20 Å². The highest BCUT2D eigenvalue weighted by Gasteiger charge is 2.09. The van der Waals surface area contributed by atoms with E-state index in [1.807, 2.05) is 11.8 Å². The van der Waals surface area contributed by atoms with Crippen molar-refractivity contribution in [3.05, 3.63) is 11.1 Å². The van der Waals surface area contributed by atoms with Crippen molar-refractivity contribution in [2.45, 2.75) is 12.8 Å². The topological polar surface area (TPSA) is 51.2 Å². The second kappa shape index (κ2) is 7.51. The van der Waals surface area contributed by atoms with Crippen molar-refractivity contribution in [3.8, 4) is 0 Å². The summed E-state index contributed by atoms with van der Waals surface area (Å²) < 4.78 is 4.61. The molecule has 0 aliphatic heterocycles. The molecule has 1 N–H and O–H groups in total. The van der Waals surface area contributed by atoms with Gasteiger partial charge in [-0.15, -0.1) is 0 Å². The van der Waals surface area contributed by atoms with Gasteiger partial charge in [0.1, 0.15) is 4.88 Å². The lowest BCUT2D eigenvalue weighted by Gasteiger charge is -2.00. The molecule has 0 fully saturated rings. The van der Waals surface area contributed by atoms with Gasteiger partial charge in [-0.2, -0.15) is 11.8 Å². The van der Waals surface area contributed by atoms with Gasteiger partial charge < -0.3 is 10.1 Å². The summed E-state index contributed by atoms with van der Waals surface area (Å²) in [6, 6.07) is 0. The molecule has 0 saturated heterocycles. The molecule has 0 amide bonds. The highest BCUT2D eigenvalue weighted by molar-refractivity contribution is 7.98. The van der Waals surface area contributed by atoms with Gasteiger partial charge in [-0.1, -0.05) is 11.3 Å². The fourth-order valence-electron chi connectivity index (χ4n) is 1.12. The molecule has 16 heavy (non-hydrogen) atoms. The summed E-state index contributed by atoms with van der Waals surface area (Å²) in [5.41, 5.74) is 0. The molecular weight excluding hydrogens is 244 g/mol. The van der Waals surface area contributed by atoms with Gasteiger partial charge in [0.2, 0.25) is 0 Å². The van der Waals surface area contributed by atoms with Crippen molar-refractivity contribution in [2.75, 3.05) is 31.0 Å². The molecule has 0 unspecified atom stereocenters. The molecule has 0 aliphatic carbocycles. The fraction of sp³-hybridized carbons (Fsp3) is 0.600. The Morgan fingerprint density at radius 1 is 1.62 bits per heavy atom. The number of rotatable bonds is 7. The van der Waals surface area contributed by atoms with E-state index in [0.717, 1.165) is 18.1 Å². The summed E-state index contributed by atoms with van der Waals surface area (Å²) in [6.45, 7) is 0.898. The molecular formula is C10H16N2O2S2. The molecule has 0 radical (unpaired) electrons. The average molecular weight is 260 g/mol. The number of anilines is 1. The highest BCUT2D eigenvalue weighted by atomic mass is 32.2. The van der Waals surface area contributed by atoms with Crippen LogP contribution in [0.15, 0.2) is 6.20 Å². The van der Waals surface area contributed by atoms with Gasteiger partial charge in [-0.05, 0) is 24.9 Å². The lowest BCUT2D eigenvalue weighted by molar-refractivity contribution is 0.0606. The SMILES string of the molecule is COC(=O)c1cnc(NCCCCSC)s1. The third-order valence-corrected chi connectivity index (χ3v) is 3.58. The molecule has 0 atom stereocenters. The zero-order chi connectivity index (χ0) is 11.8. The Morgan fingerprint density at radius 2 is 2.44 bits per heavy atom. The summed E-state index contributed by atoms with van der Waals surface area (Å²) in [5.74, 6) is 0.861. The lowest BCUT2D eigenvalue weighted by atomic mass is 10.3. The van der Waals surface area contributed by atoms with Crippen LogP contribution in [0.1, 0.15) is 22.5 Å². The number of unbranched alkanes of at least 4 members (excludes halogenated alkanes) is 1. The van der Waals surface area contributed by atoms with Gasteiger partial charge in [0.25, 0.3) is 0 Å². The molecule has 90 valence electrons. The first-order valence-electron chi connectivity index (χ1n) is 5.05. The van der Waals surface area contributed by atoms with Crippen LogP contribution in [0.5, 0.6) is 0 Å². The fourth-order valence-corrected chi connectivity index (χ4v) is 2.37. The summed E-state index contributed by atoms with van der Waals surface area (Å²) in [6.07, 6.45) is 5.97. The van der Waals surface area contributed by atoms with E-state index in [9.17, 15) is 4.79 Å². The van der Waals surface area contributed by atoms with Crippen molar-refractivity contribution in [1.82, 2.24) is 4.98 Å². The maximum atomic E-state index is 11.2. The van der Waals surface area contributed by atoms with Gasteiger partial charge >= 0.3 is 5.97 Å². The average Bonchev–Trinajstić information content (AvgIpc) is 2.76. The van der Waals surface area contributed by atoms with E-state index in [2.05, 4.69) is 21.3 Å². The Balaban J connectivity index is 2.27. The zero-order valence-electron chi connectivity index (χ0n) is 9.49. The zero-order valence-corrected chi connectivity index (χ0v) is 11.1. The van der Waals surface area contributed by atoms with E-state index in [-0.39, 0.29) is 5.97 Å². The predicted molar refractivity (Wildman–Crippen MR) is 69.6 cm³/mol. The Morgan fingerprint density at radius 3 is 3.12 bits per heavy atom. The Hall–Kier alpha value is -0.750. The number of methoxy groups -OCH3 is 1. The Labute approximate surface area is 104 Å². The predicted octanol–water partition coefficient (Wildman–Crippen LogP) is 2.48. The monoisotopic (exact) mass is 260 g/mol. The van der Waals surface area contributed by atoms with Gasteiger partial charge in [-0.3, -0.25) is 0 Å². The van der Waals surface area contributed by atoms with Crippen LogP contribution >= 0.6 is 23.1 Å². The number of thioether (sulfide) groups is 1. The molecule has 1 rings (SSSR count). The smallest absolute Gasteiger partial charge is 0.349 e. The molecule has 0 aromatic carbocycles. The molecule has 0 bridgehead atoms. The second-order valence-electron chi connectivity index (χ2n) is 3.15. The summed E-state index contributed by atoms with van der Waals surface area (Å²) in [5, 5.41) is 3.98. The number of carbonyl (C=O) groups is 1. The van der Waals surface area contributed by atoms with Crippen molar-refractivity contribution in [1.29, 1.82) is 0 Å². The molecule has 0 spiro atoms. The number of hydrogen-bond donors (Lipinski definition) is 1. The van der Waals surface area contributed by atoms with Crippen LogP contribution in [0.3, 0.4) is 0 Å². The third kappa shape index (κ3) is 4.40. The minimum absolute atomic E-state index is 0.326. The van der Waals surface area contributed by atoms with E-state index < -0.39 is 0 Å². The molecule has 0 aliphatic rings. The third-order valence-electron chi connectivity index (χ3n) is 1.94. The number of ether oxygens (including phenoxy) is 1. The van der Waals surface area contributed by atoms with Crippen molar-refractivity contribution >= 4 is 34.2 Å². The van der Waals surface area contributed by atoms with Crippen LogP contribution in [0, 0.1) is 0 Å². The van der Waals surface area contributed by atoms with Crippen LogP contribution < -0.4 is 5.32 Å².